The maximum atomic E-state index is 13.7. The van der Waals surface area contributed by atoms with E-state index in [1.165, 1.54) is 14.2 Å². The maximum absolute atomic E-state index is 13.7. The molecule has 0 fully saturated rings. The zero-order valence-electron chi connectivity index (χ0n) is 19.5. The van der Waals surface area contributed by atoms with Gasteiger partial charge in [0.1, 0.15) is 22.9 Å². The van der Waals surface area contributed by atoms with Crippen LogP contribution in [0.2, 0.25) is 0 Å². The van der Waals surface area contributed by atoms with Gasteiger partial charge in [-0.15, -0.1) is 0 Å². The van der Waals surface area contributed by atoms with Gasteiger partial charge >= 0.3 is 0 Å². The summed E-state index contributed by atoms with van der Waals surface area (Å²) in [6.45, 7) is 4.38. The molecule has 34 heavy (non-hydrogen) atoms. The number of hydrogen-bond donors (Lipinski definition) is 1. The summed E-state index contributed by atoms with van der Waals surface area (Å²) in [4.78, 5) is 28.5. The van der Waals surface area contributed by atoms with Crippen LogP contribution in [0.5, 0.6) is 17.2 Å². The average Bonchev–Trinajstić information content (AvgIpc) is 3.08. The molecule has 2 amide bonds. The van der Waals surface area contributed by atoms with Crippen LogP contribution in [-0.2, 0) is 9.59 Å². The summed E-state index contributed by atoms with van der Waals surface area (Å²) in [5.41, 5.74) is 3.16. The fraction of sp³-hybridized carbons (Fsp3) is 0.185. The van der Waals surface area contributed by atoms with Crippen molar-refractivity contribution in [2.75, 3.05) is 31.0 Å². The summed E-state index contributed by atoms with van der Waals surface area (Å²) >= 11 is 0. The summed E-state index contributed by atoms with van der Waals surface area (Å²) in [5, 5.41) is 3.17. The van der Waals surface area contributed by atoms with Crippen molar-refractivity contribution in [1.82, 2.24) is 0 Å². The third kappa shape index (κ3) is 4.45. The molecule has 0 unspecified atom stereocenters. The number of carbonyl (C=O) groups is 2. The summed E-state index contributed by atoms with van der Waals surface area (Å²) in [7, 11) is 3.03. The van der Waals surface area contributed by atoms with Crippen LogP contribution in [0.3, 0.4) is 0 Å². The van der Waals surface area contributed by atoms with Gasteiger partial charge in [0.2, 0.25) is 0 Å². The molecule has 4 rings (SSSR count). The lowest BCUT2D eigenvalue weighted by Gasteiger charge is -2.17. The van der Waals surface area contributed by atoms with Crippen LogP contribution in [-0.4, -0.2) is 32.6 Å². The van der Waals surface area contributed by atoms with E-state index in [0.717, 1.165) is 10.5 Å². The molecular formula is C27H26N2O5. The van der Waals surface area contributed by atoms with E-state index in [0.29, 0.717) is 40.8 Å². The highest BCUT2D eigenvalue weighted by Crippen LogP contribution is 2.37. The van der Waals surface area contributed by atoms with E-state index in [9.17, 15) is 9.59 Å². The molecule has 0 radical (unpaired) electrons. The Kier molecular flexibility index (Phi) is 6.54. The van der Waals surface area contributed by atoms with Gasteiger partial charge in [-0.2, -0.15) is 0 Å². The first-order valence-corrected chi connectivity index (χ1v) is 10.9. The Morgan fingerprint density at radius 1 is 0.824 bits per heavy atom. The van der Waals surface area contributed by atoms with Crippen LogP contribution in [0.1, 0.15) is 18.1 Å². The number of ether oxygens (including phenoxy) is 3. The summed E-state index contributed by atoms with van der Waals surface area (Å²) in [5.74, 6) is 0.691. The Morgan fingerprint density at radius 3 is 2.12 bits per heavy atom. The van der Waals surface area contributed by atoms with E-state index in [-0.39, 0.29) is 11.3 Å². The quantitative estimate of drug-likeness (QED) is 0.489. The van der Waals surface area contributed by atoms with E-state index in [2.05, 4.69) is 5.32 Å². The Balaban J connectivity index is 1.81. The Labute approximate surface area is 198 Å². The predicted molar refractivity (Wildman–Crippen MR) is 131 cm³/mol. The molecule has 1 N–H and O–H groups in total. The molecule has 1 aliphatic heterocycles. The lowest BCUT2D eigenvalue weighted by molar-refractivity contribution is -0.120. The van der Waals surface area contributed by atoms with Crippen molar-refractivity contribution in [1.29, 1.82) is 0 Å². The van der Waals surface area contributed by atoms with Gasteiger partial charge in [0.15, 0.2) is 0 Å². The number of nitrogens with zero attached hydrogens (tertiary/aromatic N) is 1. The molecule has 0 saturated heterocycles. The third-order valence-corrected chi connectivity index (χ3v) is 5.43. The topological polar surface area (TPSA) is 77.1 Å². The number of imide groups is 1. The highest BCUT2D eigenvalue weighted by Gasteiger charge is 2.40. The molecular weight excluding hydrogens is 432 g/mol. The number of carbonyl (C=O) groups excluding carboxylic acids is 2. The standard InChI is InChI=1S/C27H26N2O5/c1-5-34-21-8-6-7-19(13-21)28-25-24(18-11-9-17(2)10-12-18)26(30)29(27(25)31)20-14-22(32-3)16-23(15-20)33-4/h6-16,28H,5H2,1-4H3. The molecule has 7 heteroatoms. The minimum absolute atomic E-state index is 0.185. The van der Waals surface area contributed by atoms with Crippen LogP contribution in [0.4, 0.5) is 11.4 Å². The maximum Gasteiger partial charge on any atom is 0.282 e. The number of hydrogen-bond acceptors (Lipinski definition) is 6. The normalized spacial score (nSPS) is 13.4. The molecule has 3 aromatic rings. The largest absolute Gasteiger partial charge is 0.497 e. The molecule has 0 spiro atoms. The van der Waals surface area contributed by atoms with Crippen molar-refractivity contribution < 1.29 is 23.8 Å². The van der Waals surface area contributed by atoms with Crippen LogP contribution >= 0.6 is 0 Å². The Morgan fingerprint density at radius 2 is 1.50 bits per heavy atom. The highest BCUT2D eigenvalue weighted by atomic mass is 16.5. The predicted octanol–water partition coefficient (Wildman–Crippen LogP) is 4.81. The number of amides is 2. The molecule has 1 heterocycles. The number of rotatable bonds is 8. The van der Waals surface area contributed by atoms with Crippen LogP contribution in [0.15, 0.2) is 72.4 Å². The second-order valence-corrected chi connectivity index (χ2v) is 7.72. The van der Waals surface area contributed by atoms with Gasteiger partial charge in [0.05, 0.1) is 32.1 Å². The zero-order valence-corrected chi connectivity index (χ0v) is 19.5. The fourth-order valence-corrected chi connectivity index (χ4v) is 3.76. The van der Waals surface area contributed by atoms with E-state index in [1.54, 1.807) is 24.3 Å². The van der Waals surface area contributed by atoms with Crippen LogP contribution in [0.25, 0.3) is 5.57 Å². The molecule has 3 aromatic carbocycles. The minimum Gasteiger partial charge on any atom is -0.497 e. The van der Waals surface area contributed by atoms with Crippen molar-refractivity contribution in [2.24, 2.45) is 0 Å². The number of benzene rings is 3. The third-order valence-electron chi connectivity index (χ3n) is 5.43. The fourth-order valence-electron chi connectivity index (χ4n) is 3.76. The summed E-state index contributed by atoms with van der Waals surface area (Å²) in [6.07, 6.45) is 0. The number of methoxy groups -OCH3 is 2. The summed E-state index contributed by atoms with van der Waals surface area (Å²) < 4.78 is 16.3. The van der Waals surface area contributed by atoms with Gasteiger partial charge in [-0.05, 0) is 31.5 Å². The first-order chi connectivity index (χ1) is 16.4. The van der Waals surface area contributed by atoms with E-state index < -0.39 is 11.8 Å². The first-order valence-electron chi connectivity index (χ1n) is 10.9. The van der Waals surface area contributed by atoms with E-state index >= 15 is 0 Å². The van der Waals surface area contributed by atoms with Gasteiger partial charge in [0, 0.05) is 30.0 Å². The van der Waals surface area contributed by atoms with Crippen LogP contribution < -0.4 is 24.4 Å². The second-order valence-electron chi connectivity index (χ2n) is 7.72. The van der Waals surface area contributed by atoms with Crippen molar-refractivity contribution in [2.45, 2.75) is 13.8 Å². The molecule has 7 nitrogen and oxygen atoms in total. The molecule has 0 atom stereocenters. The van der Waals surface area contributed by atoms with Gasteiger partial charge < -0.3 is 19.5 Å². The first kappa shape index (κ1) is 22.9. The Bertz CT molecular complexity index is 1240. The van der Waals surface area contributed by atoms with Gasteiger partial charge in [-0.3, -0.25) is 9.59 Å². The van der Waals surface area contributed by atoms with E-state index in [4.69, 9.17) is 14.2 Å². The van der Waals surface area contributed by atoms with Crippen molar-refractivity contribution in [3.8, 4) is 17.2 Å². The molecule has 0 bridgehead atoms. The SMILES string of the molecule is CCOc1cccc(NC2=C(c3ccc(C)cc3)C(=O)N(c3cc(OC)cc(OC)c3)C2=O)c1. The van der Waals surface area contributed by atoms with E-state index in [1.807, 2.05) is 56.3 Å². The Hall–Kier alpha value is -4.26. The lowest BCUT2D eigenvalue weighted by atomic mass is 10.0. The summed E-state index contributed by atoms with van der Waals surface area (Å²) in [6, 6.07) is 19.7. The van der Waals surface area contributed by atoms with Gasteiger partial charge in [0.25, 0.3) is 11.8 Å². The highest BCUT2D eigenvalue weighted by molar-refractivity contribution is 6.46. The zero-order chi connectivity index (χ0) is 24.2. The smallest absolute Gasteiger partial charge is 0.282 e. The molecule has 0 aliphatic carbocycles. The molecule has 0 saturated carbocycles. The lowest BCUT2D eigenvalue weighted by Crippen LogP contribution is -2.32. The van der Waals surface area contributed by atoms with Crippen molar-refractivity contribution in [3.63, 3.8) is 0 Å². The number of nitrogens with one attached hydrogen (secondary N) is 1. The molecule has 174 valence electrons. The minimum atomic E-state index is -0.474. The van der Waals surface area contributed by atoms with Crippen LogP contribution in [0, 0.1) is 6.92 Å². The van der Waals surface area contributed by atoms with Gasteiger partial charge in [-0.25, -0.2) is 4.90 Å². The molecule has 0 aromatic heterocycles. The van der Waals surface area contributed by atoms with Crippen molar-refractivity contribution >= 4 is 28.8 Å². The number of anilines is 2. The number of aryl methyl sites for hydroxylation is 1. The molecule has 1 aliphatic rings. The average molecular weight is 459 g/mol. The van der Waals surface area contributed by atoms with Gasteiger partial charge in [-0.1, -0.05) is 35.9 Å². The monoisotopic (exact) mass is 458 g/mol. The second kappa shape index (κ2) is 9.70. The van der Waals surface area contributed by atoms with Crippen molar-refractivity contribution in [3.05, 3.63) is 83.6 Å².